The van der Waals surface area contributed by atoms with Crippen molar-refractivity contribution >= 4 is 5.82 Å². The summed E-state index contributed by atoms with van der Waals surface area (Å²) in [6.07, 6.45) is 4.42. The van der Waals surface area contributed by atoms with Crippen molar-refractivity contribution in [1.29, 1.82) is 0 Å². The number of hydrogen-bond donors (Lipinski definition) is 1. The van der Waals surface area contributed by atoms with Crippen molar-refractivity contribution in [2.45, 2.75) is 52.7 Å². The van der Waals surface area contributed by atoms with Crippen molar-refractivity contribution in [2.75, 3.05) is 5.73 Å². The van der Waals surface area contributed by atoms with E-state index >= 15 is 0 Å². The summed E-state index contributed by atoms with van der Waals surface area (Å²) in [5, 5.41) is 9.70. The molecule has 6 rings (SSSR count). The Morgan fingerprint density at radius 2 is 1.97 bits per heavy atom. The summed E-state index contributed by atoms with van der Waals surface area (Å²) < 4.78 is 24.6. The quantitative estimate of drug-likeness (QED) is 0.461. The van der Waals surface area contributed by atoms with E-state index in [9.17, 15) is 4.39 Å². The van der Waals surface area contributed by atoms with Crippen LogP contribution in [0.2, 0.25) is 0 Å². The van der Waals surface area contributed by atoms with Gasteiger partial charge in [-0.15, -0.1) is 0 Å². The molecule has 7 nitrogen and oxygen atoms in total. The number of aryl methyl sites for hydroxylation is 2. The zero-order valence-electron chi connectivity index (χ0n) is 19.5. The first-order chi connectivity index (χ1) is 16.4. The topological polar surface area (TPSA) is 83.8 Å². The van der Waals surface area contributed by atoms with E-state index in [1.54, 1.807) is 12.3 Å². The highest BCUT2D eigenvalue weighted by Gasteiger charge is 2.28. The summed E-state index contributed by atoms with van der Waals surface area (Å²) in [5.41, 5.74) is 13.6. The molecule has 4 heterocycles. The molecule has 1 saturated carbocycles. The fourth-order valence-corrected chi connectivity index (χ4v) is 4.88. The van der Waals surface area contributed by atoms with Crippen LogP contribution in [0.15, 0.2) is 36.5 Å². The van der Waals surface area contributed by atoms with Crippen molar-refractivity contribution in [3.8, 4) is 22.7 Å². The second-order valence-electron chi connectivity index (χ2n) is 9.47. The molecule has 1 unspecified atom stereocenters. The highest BCUT2D eigenvalue weighted by Crippen LogP contribution is 2.38. The molecule has 1 fully saturated rings. The van der Waals surface area contributed by atoms with E-state index in [1.165, 1.54) is 25.0 Å². The fourth-order valence-electron chi connectivity index (χ4n) is 4.88. The summed E-state index contributed by atoms with van der Waals surface area (Å²) in [7, 11) is 0. The van der Waals surface area contributed by atoms with Gasteiger partial charge in [0.25, 0.3) is 0 Å². The molecule has 0 amide bonds. The first-order valence-corrected chi connectivity index (χ1v) is 11.7. The summed E-state index contributed by atoms with van der Waals surface area (Å²) in [6, 6.07) is 8.74. The fraction of sp³-hybridized carbons (Fsp3) is 0.346. The lowest BCUT2D eigenvalue weighted by molar-refractivity contribution is 0.226. The van der Waals surface area contributed by atoms with Crippen LogP contribution in [-0.4, -0.2) is 24.5 Å². The minimum Gasteiger partial charge on any atom is -0.482 e. The molecule has 1 aliphatic carbocycles. The van der Waals surface area contributed by atoms with Crippen LogP contribution in [0.5, 0.6) is 5.75 Å². The van der Waals surface area contributed by atoms with Gasteiger partial charge < -0.3 is 10.5 Å². The molecule has 34 heavy (non-hydrogen) atoms. The van der Waals surface area contributed by atoms with Gasteiger partial charge in [0, 0.05) is 41.5 Å². The number of halogens is 1. The van der Waals surface area contributed by atoms with Gasteiger partial charge in [0.1, 0.15) is 11.9 Å². The van der Waals surface area contributed by atoms with Gasteiger partial charge in [-0.3, -0.25) is 4.68 Å². The van der Waals surface area contributed by atoms with Crippen molar-refractivity contribution < 1.29 is 9.13 Å². The van der Waals surface area contributed by atoms with Gasteiger partial charge >= 0.3 is 0 Å². The molecule has 2 N–H and O–H groups in total. The number of benzene rings is 1. The van der Waals surface area contributed by atoms with Crippen LogP contribution in [0, 0.1) is 25.6 Å². The Morgan fingerprint density at radius 1 is 1.15 bits per heavy atom. The SMILES string of the molecule is Cc1cc2n(n1)-c1ccc(F)cc1C(C)Oc1cc(cnc1N)-c1c(c(C)nn1CC1CC1)C2. The average Bonchev–Trinajstić information content (AvgIpc) is 3.46. The zero-order valence-corrected chi connectivity index (χ0v) is 19.5. The Balaban J connectivity index is 1.62. The molecule has 174 valence electrons. The molecule has 2 aliphatic rings. The van der Waals surface area contributed by atoms with Crippen molar-refractivity contribution in [3.05, 3.63) is 70.6 Å². The zero-order chi connectivity index (χ0) is 23.6. The molecule has 0 saturated heterocycles. The van der Waals surface area contributed by atoms with E-state index in [0.717, 1.165) is 46.1 Å². The second-order valence-corrected chi connectivity index (χ2v) is 9.47. The Morgan fingerprint density at radius 3 is 2.76 bits per heavy atom. The van der Waals surface area contributed by atoms with Crippen LogP contribution in [0.1, 0.15) is 54.1 Å². The van der Waals surface area contributed by atoms with Crippen molar-refractivity contribution in [1.82, 2.24) is 24.5 Å². The van der Waals surface area contributed by atoms with E-state index in [1.807, 2.05) is 24.6 Å². The molecule has 0 spiro atoms. The predicted octanol–water partition coefficient (Wildman–Crippen LogP) is 4.92. The summed E-state index contributed by atoms with van der Waals surface area (Å²) in [6.45, 7) is 6.79. The van der Waals surface area contributed by atoms with Crippen LogP contribution in [0.25, 0.3) is 16.9 Å². The first-order valence-electron chi connectivity index (χ1n) is 11.7. The van der Waals surface area contributed by atoms with Gasteiger partial charge in [0.2, 0.25) is 0 Å². The van der Waals surface area contributed by atoms with Crippen LogP contribution in [0.4, 0.5) is 10.2 Å². The largest absolute Gasteiger partial charge is 0.482 e. The number of pyridine rings is 1. The maximum Gasteiger partial charge on any atom is 0.166 e. The third kappa shape index (κ3) is 3.54. The molecule has 8 heteroatoms. The predicted molar refractivity (Wildman–Crippen MR) is 127 cm³/mol. The molecule has 1 aromatic carbocycles. The molecule has 1 atom stereocenters. The van der Waals surface area contributed by atoms with Gasteiger partial charge in [-0.2, -0.15) is 10.2 Å². The lowest BCUT2D eigenvalue weighted by atomic mass is 10.0. The minimum atomic E-state index is -0.473. The van der Waals surface area contributed by atoms with Crippen LogP contribution < -0.4 is 10.5 Å². The van der Waals surface area contributed by atoms with Crippen LogP contribution >= 0.6 is 0 Å². The lowest BCUT2D eigenvalue weighted by Gasteiger charge is -2.22. The van der Waals surface area contributed by atoms with E-state index < -0.39 is 6.10 Å². The highest BCUT2D eigenvalue weighted by molar-refractivity contribution is 5.69. The van der Waals surface area contributed by atoms with E-state index in [0.29, 0.717) is 29.5 Å². The summed E-state index contributed by atoms with van der Waals surface area (Å²) >= 11 is 0. The minimum absolute atomic E-state index is 0.299. The van der Waals surface area contributed by atoms with Gasteiger partial charge in [0.15, 0.2) is 11.6 Å². The smallest absolute Gasteiger partial charge is 0.166 e. The number of nitrogen functional groups attached to an aromatic ring is 1. The Kier molecular flexibility index (Phi) is 4.72. The van der Waals surface area contributed by atoms with Crippen LogP contribution in [-0.2, 0) is 13.0 Å². The normalized spacial score (nSPS) is 17.1. The Labute approximate surface area is 197 Å². The van der Waals surface area contributed by atoms with Crippen LogP contribution in [0.3, 0.4) is 0 Å². The lowest BCUT2D eigenvalue weighted by Crippen LogP contribution is -2.14. The number of ether oxygens (including phenoxy) is 1. The Hall–Kier alpha value is -3.68. The number of nitrogens with zero attached hydrogens (tertiary/aromatic N) is 5. The summed E-state index contributed by atoms with van der Waals surface area (Å²) in [4.78, 5) is 4.45. The molecule has 0 radical (unpaired) electrons. The van der Waals surface area contributed by atoms with Gasteiger partial charge in [-0.25, -0.2) is 14.1 Å². The van der Waals surface area contributed by atoms with Gasteiger partial charge in [-0.05, 0) is 69.9 Å². The van der Waals surface area contributed by atoms with Crippen molar-refractivity contribution in [2.24, 2.45) is 5.92 Å². The van der Waals surface area contributed by atoms with E-state index in [2.05, 4.69) is 22.7 Å². The maximum absolute atomic E-state index is 14.3. The maximum atomic E-state index is 14.3. The molecule has 1 aliphatic heterocycles. The molecule has 2 bridgehead atoms. The number of hydrogen-bond acceptors (Lipinski definition) is 5. The van der Waals surface area contributed by atoms with Gasteiger partial charge in [0.05, 0.1) is 22.8 Å². The summed E-state index contributed by atoms with van der Waals surface area (Å²) in [5.74, 6) is 1.11. The standard InChI is InChI=1S/C26H27FN6O/c1-14-8-20-11-21-15(2)31-32(13-17-4-5-17)25(21)18-9-24(26(28)29-12-18)34-16(3)22-10-19(27)6-7-23(22)33(20)30-14/h6-10,12,16-17H,4-5,11,13H2,1-3H3,(H2,28,29). The number of anilines is 1. The molecular formula is C26H27FN6O. The Bertz CT molecular complexity index is 1420. The second kappa shape index (κ2) is 7.68. The van der Waals surface area contributed by atoms with E-state index in [4.69, 9.17) is 20.7 Å². The third-order valence-electron chi connectivity index (χ3n) is 6.76. The average molecular weight is 459 g/mol. The number of aromatic nitrogens is 5. The molecule has 4 aromatic rings. The number of fused-ring (bicyclic) bond motifs is 7. The monoisotopic (exact) mass is 458 g/mol. The van der Waals surface area contributed by atoms with Gasteiger partial charge in [-0.1, -0.05) is 0 Å². The highest BCUT2D eigenvalue weighted by atomic mass is 19.1. The third-order valence-corrected chi connectivity index (χ3v) is 6.76. The number of rotatable bonds is 2. The van der Waals surface area contributed by atoms with E-state index in [-0.39, 0.29) is 5.82 Å². The van der Waals surface area contributed by atoms with Crippen molar-refractivity contribution in [3.63, 3.8) is 0 Å². The molecular weight excluding hydrogens is 431 g/mol. The molecule has 3 aromatic heterocycles. The number of nitrogens with two attached hydrogens (primary N) is 1. The first kappa shape index (κ1) is 20.9.